The van der Waals surface area contributed by atoms with Gasteiger partial charge in [0.05, 0.1) is 0 Å². The van der Waals surface area contributed by atoms with E-state index in [2.05, 4.69) is 13.8 Å². The molecule has 7 heavy (non-hydrogen) atoms. The molecule has 1 nitrogen and oxygen atoms in total. The van der Waals surface area contributed by atoms with Gasteiger partial charge in [-0.3, -0.25) is 0 Å². The SMILES string of the molecule is CC(C)C(C)CO. The van der Waals surface area contributed by atoms with Crippen molar-refractivity contribution >= 4 is 0 Å². The molecule has 0 aromatic carbocycles. The Bertz CT molecular complexity index is 41.4. The van der Waals surface area contributed by atoms with Gasteiger partial charge in [-0.2, -0.15) is 0 Å². The van der Waals surface area contributed by atoms with Crippen LogP contribution >= 0.6 is 0 Å². The second kappa shape index (κ2) is 3.03. The monoisotopic (exact) mass is 102 g/mol. The summed E-state index contributed by atoms with van der Waals surface area (Å²) in [5.74, 6) is 1.07. The zero-order valence-corrected chi connectivity index (χ0v) is 5.31. The first kappa shape index (κ1) is 6.96. The summed E-state index contributed by atoms with van der Waals surface area (Å²) >= 11 is 0. The van der Waals surface area contributed by atoms with E-state index in [1.165, 1.54) is 0 Å². The van der Waals surface area contributed by atoms with Gasteiger partial charge >= 0.3 is 0 Å². The van der Waals surface area contributed by atoms with Crippen molar-refractivity contribution in [2.24, 2.45) is 11.8 Å². The molecule has 1 N–H and O–H groups in total. The number of hydrogen-bond acceptors (Lipinski definition) is 1. The third kappa shape index (κ3) is 2.63. The van der Waals surface area contributed by atoms with E-state index in [0.717, 1.165) is 0 Å². The second-order valence-corrected chi connectivity index (χ2v) is 2.40. The lowest BCUT2D eigenvalue weighted by Gasteiger charge is -2.09. The lowest BCUT2D eigenvalue weighted by Crippen LogP contribution is -2.07. The maximum absolute atomic E-state index is 8.51. The Morgan fingerprint density at radius 2 is 1.71 bits per heavy atom. The third-order valence-electron chi connectivity index (χ3n) is 1.43. The van der Waals surface area contributed by atoms with Crippen LogP contribution in [0, 0.1) is 11.8 Å². The summed E-state index contributed by atoms with van der Waals surface area (Å²) in [5, 5.41) is 8.51. The zero-order chi connectivity index (χ0) is 5.86. The van der Waals surface area contributed by atoms with Crippen molar-refractivity contribution in [3.63, 3.8) is 0 Å². The van der Waals surface area contributed by atoms with Gasteiger partial charge in [0.2, 0.25) is 0 Å². The molecule has 1 unspecified atom stereocenters. The van der Waals surface area contributed by atoms with Crippen molar-refractivity contribution in [3.05, 3.63) is 0 Å². The van der Waals surface area contributed by atoms with Crippen LogP contribution in [0.15, 0.2) is 0 Å². The van der Waals surface area contributed by atoms with E-state index < -0.39 is 0 Å². The molecule has 0 radical (unpaired) electrons. The molecule has 0 saturated heterocycles. The molecule has 0 bridgehead atoms. The summed E-state index contributed by atoms with van der Waals surface area (Å²) in [6, 6.07) is 0. The molecule has 1 heteroatoms. The first-order chi connectivity index (χ1) is 3.18. The third-order valence-corrected chi connectivity index (χ3v) is 1.43. The highest BCUT2D eigenvalue weighted by Gasteiger charge is 2.02. The minimum Gasteiger partial charge on any atom is -0.396 e. The topological polar surface area (TPSA) is 20.2 Å². The van der Waals surface area contributed by atoms with E-state index >= 15 is 0 Å². The number of aliphatic hydroxyl groups excluding tert-OH is 1. The summed E-state index contributed by atoms with van der Waals surface area (Å²) in [5.41, 5.74) is 0. The minimum absolute atomic E-state index is 0.317. The second-order valence-electron chi connectivity index (χ2n) is 2.40. The Hall–Kier alpha value is -0.0400. The van der Waals surface area contributed by atoms with Gasteiger partial charge in [-0.25, -0.2) is 0 Å². The van der Waals surface area contributed by atoms with Gasteiger partial charge in [0.1, 0.15) is 0 Å². The minimum atomic E-state index is 0.317. The highest BCUT2D eigenvalue weighted by atomic mass is 16.3. The van der Waals surface area contributed by atoms with Crippen LogP contribution in [0.1, 0.15) is 20.8 Å². The lowest BCUT2D eigenvalue weighted by molar-refractivity contribution is 0.203. The molecular weight excluding hydrogens is 88.1 g/mol. The van der Waals surface area contributed by atoms with E-state index in [4.69, 9.17) is 5.11 Å². The van der Waals surface area contributed by atoms with Gasteiger partial charge in [0, 0.05) is 6.61 Å². The first-order valence-corrected chi connectivity index (χ1v) is 2.79. The summed E-state index contributed by atoms with van der Waals surface area (Å²) in [6.07, 6.45) is 0. The fourth-order valence-electron chi connectivity index (χ4n) is 0.211. The van der Waals surface area contributed by atoms with Gasteiger partial charge in [-0.05, 0) is 11.8 Å². The van der Waals surface area contributed by atoms with Crippen LogP contribution in [-0.4, -0.2) is 11.7 Å². The quantitative estimate of drug-likeness (QED) is 0.556. The predicted molar refractivity (Wildman–Crippen MR) is 31.1 cm³/mol. The van der Waals surface area contributed by atoms with Crippen LogP contribution < -0.4 is 0 Å². The van der Waals surface area contributed by atoms with E-state index in [1.807, 2.05) is 6.92 Å². The van der Waals surface area contributed by atoms with Crippen LogP contribution in [0.2, 0.25) is 0 Å². The Labute approximate surface area is 45.4 Å². The highest BCUT2D eigenvalue weighted by Crippen LogP contribution is 2.06. The number of hydrogen-bond donors (Lipinski definition) is 1. The molecule has 44 valence electrons. The van der Waals surface area contributed by atoms with Crippen LogP contribution in [-0.2, 0) is 0 Å². The largest absolute Gasteiger partial charge is 0.396 e. The van der Waals surface area contributed by atoms with Crippen molar-refractivity contribution in [1.82, 2.24) is 0 Å². The van der Waals surface area contributed by atoms with Crippen molar-refractivity contribution in [2.75, 3.05) is 6.61 Å². The van der Waals surface area contributed by atoms with Gasteiger partial charge < -0.3 is 5.11 Å². The highest BCUT2D eigenvalue weighted by molar-refractivity contribution is 4.52. The van der Waals surface area contributed by atoms with Gasteiger partial charge in [0.25, 0.3) is 0 Å². The molecule has 0 aliphatic carbocycles. The normalized spacial score (nSPS) is 15.0. The van der Waals surface area contributed by atoms with E-state index in [0.29, 0.717) is 18.4 Å². The summed E-state index contributed by atoms with van der Waals surface area (Å²) < 4.78 is 0. The van der Waals surface area contributed by atoms with Gasteiger partial charge in [-0.15, -0.1) is 0 Å². The lowest BCUT2D eigenvalue weighted by atomic mass is 10.00. The molecule has 0 spiro atoms. The fraction of sp³-hybridized carbons (Fsp3) is 1.00. The maximum Gasteiger partial charge on any atom is 0.0459 e. The molecule has 0 rings (SSSR count). The smallest absolute Gasteiger partial charge is 0.0459 e. The van der Waals surface area contributed by atoms with E-state index in [1.54, 1.807) is 0 Å². The predicted octanol–water partition coefficient (Wildman–Crippen LogP) is 1.27. The maximum atomic E-state index is 8.51. The zero-order valence-electron chi connectivity index (χ0n) is 5.31. The Kier molecular flexibility index (Phi) is 3.01. The molecule has 0 fully saturated rings. The van der Waals surface area contributed by atoms with Crippen LogP contribution in [0.25, 0.3) is 0 Å². The van der Waals surface area contributed by atoms with Crippen LogP contribution in [0.3, 0.4) is 0 Å². The molecule has 0 aromatic heterocycles. The average molecular weight is 102 g/mol. The molecular formula is C6H14O. The van der Waals surface area contributed by atoms with Crippen molar-refractivity contribution in [2.45, 2.75) is 20.8 Å². The summed E-state index contributed by atoms with van der Waals surface area (Å²) in [6.45, 7) is 6.59. The average Bonchev–Trinajstić information content (AvgIpc) is 1.65. The van der Waals surface area contributed by atoms with E-state index in [9.17, 15) is 0 Å². The van der Waals surface area contributed by atoms with Crippen molar-refractivity contribution in [1.29, 1.82) is 0 Å². The Balaban J connectivity index is 3.14. The standard InChI is InChI=1S/C6H14O/c1-5(2)6(3)4-7/h5-7H,4H2,1-3H3. The number of rotatable bonds is 2. The molecule has 0 aliphatic heterocycles. The van der Waals surface area contributed by atoms with Crippen LogP contribution in [0.5, 0.6) is 0 Å². The molecule has 0 saturated carbocycles. The fourth-order valence-corrected chi connectivity index (χ4v) is 0.211. The molecule has 0 aromatic rings. The molecule has 0 heterocycles. The van der Waals surface area contributed by atoms with Crippen LogP contribution in [0.4, 0.5) is 0 Å². The van der Waals surface area contributed by atoms with E-state index in [-0.39, 0.29) is 0 Å². The van der Waals surface area contributed by atoms with Crippen molar-refractivity contribution in [3.8, 4) is 0 Å². The molecule has 0 aliphatic rings. The van der Waals surface area contributed by atoms with Gasteiger partial charge in [0.15, 0.2) is 0 Å². The molecule has 1 atom stereocenters. The molecule has 0 amide bonds. The van der Waals surface area contributed by atoms with Gasteiger partial charge in [-0.1, -0.05) is 20.8 Å². The number of aliphatic hydroxyl groups is 1. The summed E-state index contributed by atoms with van der Waals surface area (Å²) in [7, 11) is 0. The Morgan fingerprint density at radius 3 is 1.71 bits per heavy atom. The van der Waals surface area contributed by atoms with Crippen molar-refractivity contribution < 1.29 is 5.11 Å². The Morgan fingerprint density at radius 1 is 1.29 bits per heavy atom. The summed E-state index contributed by atoms with van der Waals surface area (Å²) in [4.78, 5) is 0. The first-order valence-electron chi connectivity index (χ1n) is 2.79.